The van der Waals surface area contributed by atoms with Gasteiger partial charge in [-0.05, 0) is 30.7 Å². The molecule has 2 aliphatic rings. The van der Waals surface area contributed by atoms with Crippen molar-refractivity contribution in [3.63, 3.8) is 0 Å². The van der Waals surface area contributed by atoms with Crippen LogP contribution < -0.4 is 16.0 Å². The maximum Gasteiger partial charge on any atom is 0.253 e. The number of fused-ring (bicyclic) bond motifs is 1. The lowest BCUT2D eigenvalue weighted by Gasteiger charge is -2.27. The number of piperazine rings is 1. The molecule has 140 valence electrons. The highest BCUT2D eigenvalue weighted by Gasteiger charge is 2.21. The Hall–Kier alpha value is -2.86. The molecule has 6 heteroatoms. The van der Waals surface area contributed by atoms with Gasteiger partial charge in [-0.25, -0.2) is 0 Å². The summed E-state index contributed by atoms with van der Waals surface area (Å²) in [5.74, 6) is 0.0943. The number of nitrogens with zero attached hydrogens (tertiary/aromatic N) is 1. The van der Waals surface area contributed by atoms with Crippen LogP contribution in [0.3, 0.4) is 0 Å². The second-order valence-corrected chi connectivity index (χ2v) is 7.15. The molecule has 0 radical (unpaired) electrons. The van der Waals surface area contributed by atoms with E-state index in [1.165, 1.54) is 0 Å². The first kappa shape index (κ1) is 17.5. The lowest BCUT2D eigenvalue weighted by atomic mass is 10.00. The Labute approximate surface area is 158 Å². The van der Waals surface area contributed by atoms with E-state index in [1.807, 2.05) is 54.3 Å². The minimum atomic E-state index is 0.0165. The molecule has 4 rings (SSSR count). The largest absolute Gasteiger partial charge is 0.380 e. The SMILES string of the molecule is CC1CC(=O)Nc2cccc(-c3ccc(C(=O)N4CCNCC4)cc3)c2N1. The molecule has 27 heavy (non-hydrogen) atoms. The predicted octanol–water partition coefficient (Wildman–Crippen LogP) is 2.54. The zero-order chi connectivity index (χ0) is 18.8. The number of rotatable bonds is 2. The lowest BCUT2D eigenvalue weighted by Crippen LogP contribution is -2.46. The number of anilines is 2. The molecule has 2 amide bonds. The summed E-state index contributed by atoms with van der Waals surface area (Å²) < 4.78 is 0. The lowest BCUT2D eigenvalue weighted by molar-refractivity contribution is -0.116. The average molecular weight is 364 g/mol. The first-order chi connectivity index (χ1) is 13.1. The summed E-state index contributed by atoms with van der Waals surface area (Å²) in [6.45, 7) is 5.17. The van der Waals surface area contributed by atoms with E-state index in [0.29, 0.717) is 12.0 Å². The monoisotopic (exact) mass is 364 g/mol. The normalized spacial score (nSPS) is 19.5. The van der Waals surface area contributed by atoms with Crippen LogP contribution in [0.25, 0.3) is 11.1 Å². The number of benzene rings is 2. The van der Waals surface area contributed by atoms with E-state index in [4.69, 9.17) is 0 Å². The van der Waals surface area contributed by atoms with Gasteiger partial charge in [-0.2, -0.15) is 0 Å². The van der Waals surface area contributed by atoms with Gasteiger partial charge >= 0.3 is 0 Å². The van der Waals surface area contributed by atoms with Crippen LogP contribution in [0.15, 0.2) is 42.5 Å². The molecule has 1 unspecified atom stereocenters. The maximum absolute atomic E-state index is 12.6. The van der Waals surface area contributed by atoms with E-state index in [2.05, 4.69) is 16.0 Å². The summed E-state index contributed by atoms with van der Waals surface area (Å²) in [4.78, 5) is 26.5. The van der Waals surface area contributed by atoms with Gasteiger partial charge in [0.15, 0.2) is 0 Å². The third-order valence-electron chi connectivity index (χ3n) is 5.07. The van der Waals surface area contributed by atoms with Crippen LogP contribution in [0.2, 0.25) is 0 Å². The minimum Gasteiger partial charge on any atom is -0.380 e. The Morgan fingerprint density at radius 1 is 1.07 bits per heavy atom. The Morgan fingerprint density at radius 3 is 2.56 bits per heavy atom. The molecule has 2 aromatic rings. The van der Waals surface area contributed by atoms with Crippen molar-refractivity contribution in [2.24, 2.45) is 0 Å². The molecular weight excluding hydrogens is 340 g/mol. The van der Waals surface area contributed by atoms with E-state index in [9.17, 15) is 9.59 Å². The third-order valence-corrected chi connectivity index (χ3v) is 5.07. The zero-order valence-electron chi connectivity index (χ0n) is 15.4. The standard InChI is InChI=1S/C21H24N4O2/c1-14-13-19(26)24-18-4-2-3-17(20(18)23-14)15-5-7-16(8-6-15)21(27)25-11-9-22-10-12-25/h2-8,14,22-23H,9-13H2,1H3,(H,24,26). The molecule has 2 heterocycles. The van der Waals surface area contributed by atoms with Gasteiger partial charge in [0.25, 0.3) is 5.91 Å². The quantitative estimate of drug-likeness (QED) is 0.766. The number of para-hydroxylation sites is 1. The van der Waals surface area contributed by atoms with Crippen molar-refractivity contribution < 1.29 is 9.59 Å². The molecule has 2 aromatic carbocycles. The number of hydrogen-bond donors (Lipinski definition) is 3. The highest BCUT2D eigenvalue weighted by Crippen LogP contribution is 2.36. The van der Waals surface area contributed by atoms with Crippen molar-refractivity contribution in [2.75, 3.05) is 36.8 Å². The number of nitrogens with one attached hydrogen (secondary N) is 3. The molecule has 6 nitrogen and oxygen atoms in total. The molecule has 1 saturated heterocycles. The van der Waals surface area contributed by atoms with Crippen LogP contribution in [0.1, 0.15) is 23.7 Å². The minimum absolute atomic E-state index is 0.0165. The Morgan fingerprint density at radius 2 is 1.81 bits per heavy atom. The van der Waals surface area contributed by atoms with Gasteiger partial charge in [0.05, 0.1) is 11.4 Å². The van der Waals surface area contributed by atoms with Crippen molar-refractivity contribution in [3.8, 4) is 11.1 Å². The smallest absolute Gasteiger partial charge is 0.253 e. The van der Waals surface area contributed by atoms with Gasteiger partial charge in [-0.3, -0.25) is 9.59 Å². The van der Waals surface area contributed by atoms with Crippen molar-refractivity contribution >= 4 is 23.2 Å². The van der Waals surface area contributed by atoms with E-state index in [1.54, 1.807) is 0 Å². The number of carbonyl (C=O) groups is 2. The second-order valence-electron chi connectivity index (χ2n) is 7.15. The summed E-state index contributed by atoms with van der Waals surface area (Å²) in [5.41, 5.74) is 4.46. The molecule has 1 fully saturated rings. The van der Waals surface area contributed by atoms with Crippen LogP contribution in [-0.2, 0) is 4.79 Å². The van der Waals surface area contributed by atoms with Gasteiger partial charge in [0, 0.05) is 49.8 Å². The van der Waals surface area contributed by atoms with Crippen molar-refractivity contribution in [3.05, 3.63) is 48.0 Å². The Balaban J connectivity index is 1.62. The van der Waals surface area contributed by atoms with Crippen LogP contribution in [0.4, 0.5) is 11.4 Å². The van der Waals surface area contributed by atoms with Crippen molar-refractivity contribution in [1.29, 1.82) is 0 Å². The van der Waals surface area contributed by atoms with Crippen LogP contribution in [-0.4, -0.2) is 48.9 Å². The molecule has 0 spiro atoms. The molecule has 3 N–H and O–H groups in total. The summed E-state index contributed by atoms with van der Waals surface area (Å²) in [5, 5.41) is 9.67. The topological polar surface area (TPSA) is 73.5 Å². The number of hydrogen-bond acceptors (Lipinski definition) is 4. The Bertz CT molecular complexity index is 857. The number of carbonyl (C=O) groups excluding carboxylic acids is 2. The van der Waals surface area contributed by atoms with Gasteiger partial charge in [-0.15, -0.1) is 0 Å². The molecule has 0 aliphatic carbocycles. The highest BCUT2D eigenvalue weighted by atomic mass is 16.2. The number of amides is 2. The van der Waals surface area contributed by atoms with E-state index < -0.39 is 0 Å². The first-order valence-electron chi connectivity index (χ1n) is 9.41. The zero-order valence-corrected chi connectivity index (χ0v) is 15.4. The molecule has 0 aromatic heterocycles. The fourth-order valence-electron chi connectivity index (χ4n) is 3.67. The third kappa shape index (κ3) is 3.66. The maximum atomic E-state index is 12.6. The fraction of sp³-hybridized carbons (Fsp3) is 0.333. The predicted molar refractivity (Wildman–Crippen MR) is 107 cm³/mol. The molecule has 0 bridgehead atoms. The molecule has 0 saturated carbocycles. The van der Waals surface area contributed by atoms with Gasteiger partial charge in [-0.1, -0.05) is 24.3 Å². The Kier molecular flexibility index (Phi) is 4.81. The first-order valence-corrected chi connectivity index (χ1v) is 9.41. The second kappa shape index (κ2) is 7.40. The van der Waals surface area contributed by atoms with Gasteiger partial charge in [0.2, 0.25) is 5.91 Å². The fourth-order valence-corrected chi connectivity index (χ4v) is 3.67. The highest BCUT2D eigenvalue weighted by molar-refractivity contribution is 6.00. The van der Waals surface area contributed by atoms with Crippen LogP contribution in [0, 0.1) is 0 Å². The summed E-state index contributed by atoms with van der Waals surface area (Å²) in [7, 11) is 0. The van der Waals surface area contributed by atoms with Crippen LogP contribution in [0.5, 0.6) is 0 Å². The van der Waals surface area contributed by atoms with E-state index >= 15 is 0 Å². The molecule has 1 atom stereocenters. The molecular formula is C21H24N4O2. The van der Waals surface area contributed by atoms with Gasteiger partial charge < -0.3 is 20.9 Å². The van der Waals surface area contributed by atoms with Crippen LogP contribution >= 0.6 is 0 Å². The average Bonchev–Trinajstić information content (AvgIpc) is 2.84. The summed E-state index contributed by atoms with van der Waals surface area (Å²) in [6.07, 6.45) is 0.437. The van der Waals surface area contributed by atoms with Crippen molar-refractivity contribution in [2.45, 2.75) is 19.4 Å². The molecule has 2 aliphatic heterocycles. The summed E-state index contributed by atoms with van der Waals surface area (Å²) >= 11 is 0. The van der Waals surface area contributed by atoms with E-state index in [-0.39, 0.29) is 17.9 Å². The summed E-state index contributed by atoms with van der Waals surface area (Å²) in [6, 6.07) is 13.7. The van der Waals surface area contributed by atoms with Gasteiger partial charge in [0.1, 0.15) is 0 Å². The van der Waals surface area contributed by atoms with E-state index in [0.717, 1.165) is 48.7 Å². The van der Waals surface area contributed by atoms with Crippen molar-refractivity contribution in [1.82, 2.24) is 10.2 Å².